The first-order valence-corrected chi connectivity index (χ1v) is 13.0. The lowest BCUT2D eigenvalue weighted by Gasteiger charge is -2.33. The second kappa shape index (κ2) is 11.1. The number of hydrogen-bond acceptors (Lipinski definition) is 9. The summed E-state index contributed by atoms with van der Waals surface area (Å²) in [4.78, 5) is 17.2. The van der Waals surface area contributed by atoms with Crippen molar-refractivity contribution in [2.45, 2.75) is 57.6 Å². The van der Waals surface area contributed by atoms with Crippen molar-refractivity contribution < 1.29 is 22.4 Å². The zero-order valence-corrected chi connectivity index (χ0v) is 21.5. The maximum atomic E-state index is 14.3. The second-order valence-electron chi connectivity index (χ2n) is 10.1. The van der Waals surface area contributed by atoms with E-state index in [1.807, 2.05) is 11.8 Å². The highest BCUT2D eigenvalue weighted by atomic mass is 19.2. The van der Waals surface area contributed by atoms with Crippen molar-refractivity contribution in [2.75, 3.05) is 36.0 Å². The molecule has 204 valence electrons. The van der Waals surface area contributed by atoms with Gasteiger partial charge in [-0.1, -0.05) is 12.1 Å². The zero-order chi connectivity index (χ0) is 26.8. The predicted molar refractivity (Wildman–Crippen MR) is 135 cm³/mol. The standard InChI is InChI=1S/C26H32F3N7O2/c1-3-4-24-33-26(38-34-24)35-7-5-16(6-8-35)15(2)37-17-11-31-25(32-12-17)36-13-19(23(30)14-36)18-9-21(28)22(29)10-20(18)27/h9-12,15-16,19,23H,3-8,13-14,30H2,1-2H3/t15-,19+,23-/m0/s1. The number of benzene rings is 1. The molecule has 3 atom stereocenters. The molecule has 2 aromatic heterocycles. The fourth-order valence-corrected chi connectivity index (χ4v) is 5.25. The fourth-order valence-electron chi connectivity index (χ4n) is 5.25. The molecule has 0 amide bonds. The van der Waals surface area contributed by atoms with Crippen molar-refractivity contribution in [3.05, 3.63) is 53.4 Å². The maximum absolute atomic E-state index is 14.3. The number of nitrogens with zero attached hydrogens (tertiary/aromatic N) is 6. The van der Waals surface area contributed by atoms with E-state index in [2.05, 4.69) is 31.9 Å². The third-order valence-electron chi connectivity index (χ3n) is 7.43. The Bertz CT molecular complexity index is 1230. The van der Waals surface area contributed by atoms with Gasteiger partial charge in [0.15, 0.2) is 23.2 Å². The van der Waals surface area contributed by atoms with Gasteiger partial charge in [0.25, 0.3) is 0 Å². The zero-order valence-electron chi connectivity index (χ0n) is 21.5. The second-order valence-corrected chi connectivity index (χ2v) is 10.1. The van der Waals surface area contributed by atoms with Crippen LogP contribution in [0.1, 0.15) is 50.4 Å². The van der Waals surface area contributed by atoms with Crippen LogP contribution < -0.4 is 20.3 Å². The molecule has 2 fully saturated rings. The Morgan fingerprint density at radius 3 is 2.47 bits per heavy atom. The fraction of sp³-hybridized carbons (Fsp3) is 0.538. The topological polar surface area (TPSA) is 106 Å². The van der Waals surface area contributed by atoms with Crippen molar-refractivity contribution in [2.24, 2.45) is 11.7 Å². The van der Waals surface area contributed by atoms with Crippen molar-refractivity contribution in [3.63, 3.8) is 0 Å². The van der Waals surface area contributed by atoms with E-state index in [1.54, 1.807) is 12.4 Å². The third kappa shape index (κ3) is 5.54. The van der Waals surface area contributed by atoms with Crippen LogP contribution in [0, 0.1) is 23.4 Å². The van der Waals surface area contributed by atoms with Crippen LogP contribution >= 0.6 is 0 Å². The van der Waals surface area contributed by atoms with E-state index in [0.717, 1.165) is 50.7 Å². The number of nitrogens with two attached hydrogens (primary N) is 1. The highest BCUT2D eigenvalue weighted by Crippen LogP contribution is 2.32. The number of anilines is 2. The van der Waals surface area contributed by atoms with Crippen LogP contribution in [0.15, 0.2) is 29.0 Å². The smallest absolute Gasteiger partial charge is 0.324 e. The molecule has 0 saturated carbocycles. The third-order valence-corrected chi connectivity index (χ3v) is 7.43. The first-order valence-electron chi connectivity index (χ1n) is 13.0. The number of rotatable bonds is 8. The molecular formula is C26H32F3N7O2. The van der Waals surface area contributed by atoms with Gasteiger partial charge in [0.2, 0.25) is 5.95 Å². The molecule has 38 heavy (non-hydrogen) atoms. The largest absolute Gasteiger partial charge is 0.487 e. The van der Waals surface area contributed by atoms with Crippen LogP contribution in [0.25, 0.3) is 0 Å². The highest BCUT2D eigenvalue weighted by molar-refractivity contribution is 5.39. The van der Waals surface area contributed by atoms with Gasteiger partial charge in [-0.05, 0) is 43.7 Å². The molecule has 0 unspecified atom stereocenters. The Kier molecular flexibility index (Phi) is 7.68. The molecule has 0 spiro atoms. The molecule has 0 aliphatic carbocycles. The molecule has 2 aliphatic rings. The summed E-state index contributed by atoms with van der Waals surface area (Å²) in [7, 11) is 0. The number of aryl methyl sites for hydroxylation is 1. The molecule has 0 bridgehead atoms. The molecule has 12 heteroatoms. The summed E-state index contributed by atoms with van der Waals surface area (Å²) in [5.41, 5.74) is 6.27. The lowest BCUT2D eigenvalue weighted by atomic mass is 9.92. The lowest BCUT2D eigenvalue weighted by molar-refractivity contribution is 0.131. The molecule has 5 rings (SSSR count). The maximum Gasteiger partial charge on any atom is 0.324 e. The Morgan fingerprint density at radius 1 is 1.05 bits per heavy atom. The number of ether oxygens (including phenoxy) is 1. The van der Waals surface area contributed by atoms with Crippen LogP contribution in [0.2, 0.25) is 0 Å². The summed E-state index contributed by atoms with van der Waals surface area (Å²) in [5, 5.41) is 4.04. The van der Waals surface area contributed by atoms with E-state index in [-0.39, 0.29) is 11.7 Å². The van der Waals surface area contributed by atoms with Crippen LogP contribution in [-0.2, 0) is 6.42 Å². The van der Waals surface area contributed by atoms with Crippen molar-refractivity contribution in [3.8, 4) is 5.75 Å². The van der Waals surface area contributed by atoms with Gasteiger partial charge in [0, 0.05) is 50.6 Å². The van der Waals surface area contributed by atoms with Crippen molar-refractivity contribution in [1.82, 2.24) is 20.1 Å². The average molecular weight is 532 g/mol. The van der Waals surface area contributed by atoms with E-state index >= 15 is 0 Å². The van der Waals surface area contributed by atoms with Crippen molar-refractivity contribution >= 4 is 12.0 Å². The quantitative estimate of drug-likeness (QED) is 0.434. The molecule has 0 radical (unpaired) electrons. The summed E-state index contributed by atoms with van der Waals surface area (Å²) >= 11 is 0. The minimum absolute atomic E-state index is 0.0362. The molecule has 9 nitrogen and oxygen atoms in total. The van der Waals surface area contributed by atoms with Gasteiger partial charge >= 0.3 is 6.01 Å². The number of halogens is 3. The molecule has 2 saturated heterocycles. The minimum atomic E-state index is -1.22. The van der Waals surface area contributed by atoms with E-state index in [0.29, 0.717) is 42.8 Å². The van der Waals surface area contributed by atoms with Crippen LogP contribution in [0.4, 0.5) is 25.1 Å². The Balaban J connectivity index is 1.15. The summed E-state index contributed by atoms with van der Waals surface area (Å²) in [6.45, 7) is 6.41. The first kappa shape index (κ1) is 26.2. The monoisotopic (exact) mass is 531 g/mol. The van der Waals surface area contributed by atoms with Crippen LogP contribution in [0.5, 0.6) is 5.75 Å². The summed E-state index contributed by atoms with van der Waals surface area (Å²) < 4.78 is 52.9. The average Bonchev–Trinajstić information content (AvgIpc) is 3.54. The van der Waals surface area contributed by atoms with Gasteiger partial charge in [-0.15, -0.1) is 0 Å². The van der Waals surface area contributed by atoms with Gasteiger partial charge < -0.3 is 24.8 Å². The van der Waals surface area contributed by atoms with Crippen LogP contribution in [0.3, 0.4) is 0 Å². The lowest BCUT2D eigenvalue weighted by Crippen LogP contribution is -2.38. The van der Waals surface area contributed by atoms with E-state index in [9.17, 15) is 13.2 Å². The van der Waals surface area contributed by atoms with Crippen molar-refractivity contribution in [1.29, 1.82) is 0 Å². The Labute approximate surface area is 219 Å². The first-order chi connectivity index (χ1) is 18.3. The molecule has 1 aromatic carbocycles. The van der Waals surface area contributed by atoms with Gasteiger partial charge in [-0.2, -0.15) is 4.98 Å². The predicted octanol–water partition coefficient (Wildman–Crippen LogP) is 3.84. The SMILES string of the molecule is CCCc1noc(N2CCC([C@H](C)Oc3cnc(N4C[C@H](c5cc(F)c(F)cc5F)[C@@H](N)C4)nc3)CC2)n1. The molecule has 2 aliphatic heterocycles. The Hall–Kier alpha value is -3.41. The van der Waals surface area contributed by atoms with E-state index in [1.165, 1.54) is 0 Å². The normalized spacial score (nSPS) is 21.2. The minimum Gasteiger partial charge on any atom is -0.487 e. The molecule has 2 N–H and O–H groups in total. The number of piperidine rings is 1. The Morgan fingerprint density at radius 2 is 1.76 bits per heavy atom. The van der Waals surface area contributed by atoms with Gasteiger partial charge in [0.1, 0.15) is 5.82 Å². The highest BCUT2D eigenvalue weighted by Gasteiger charge is 2.35. The van der Waals surface area contributed by atoms with E-state index in [4.69, 9.17) is 15.0 Å². The molecule has 3 aromatic rings. The van der Waals surface area contributed by atoms with Gasteiger partial charge in [-0.3, -0.25) is 0 Å². The summed E-state index contributed by atoms with van der Waals surface area (Å²) in [6.07, 6.45) is 6.83. The summed E-state index contributed by atoms with van der Waals surface area (Å²) in [6, 6.07) is 1.54. The van der Waals surface area contributed by atoms with Gasteiger partial charge in [-0.25, -0.2) is 23.1 Å². The summed E-state index contributed by atoms with van der Waals surface area (Å²) in [5.74, 6) is -1.57. The molecular weight excluding hydrogens is 499 g/mol. The number of aromatic nitrogens is 4. The van der Waals surface area contributed by atoms with E-state index < -0.39 is 29.4 Å². The number of hydrogen-bond donors (Lipinski definition) is 1. The molecule has 4 heterocycles. The van der Waals surface area contributed by atoms with Gasteiger partial charge in [0.05, 0.1) is 18.5 Å². The van der Waals surface area contributed by atoms with Crippen LogP contribution in [-0.4, -0.2) is 58.4 Å².